The minimum atomic E-state index is -0.481. The van der Waals surface area contributed by atoms with Crippen molar-refractivity contribution in [1.29, 1.82) is 0 Å². The molecule has 6 nitrogen and oxygen atoms in total. The molecule has 0 radical (unpaired) electrons. The highest BCUT2D eigenvalue weighted by Crippen LogP contribution is 2.40. The third-order valence-corrected chi connectivity index (χ3v) is 6.59. The number of fused-ring (bicyclic) bond motifs is 2. The van der Waals surface area contributed by atoms with E-state index in [4.69, 9.17) is 16.5 Å². The molecule has 0 aliphatic carbocycles. The van der Waals surface area contributed by atoms with Gasteiger partial charge in [-0.05, 0) is 43.5 Å². The maximum atomic E-state index is 12.2. The molecule has 4 aromatic rings. The molecule has 0 spiro atoms. The molecule has 0 aliphatic rings. The van der Waals surface area contributed by atoms with E-state index >= 15 is 0 Å². The van der Waals surface area contributed by atoms with E-state index in [1.54, 1.807) is 0 Å². The Morgan fingerprint density at radius 1 is 1.00 bits per heavy atom. The van der Waals surface area contributed by atoms with Crippen molar-refractivity contribution in [3.05, 3.63) is 51.4 Å². The number of nitrogens with zero attached hydrogens (tertiary/aromatic N) is 2. The molecule has 7 heteroatoms. The number of aromatic nitrogens is 2. The summed E-state index contributed by atoms with van der Waals surface area (Å²) in [6.45, 7) is 5.69. The quantitative estimate of drug-likeness (QED) is 0.557. The van der Waals surface area contributed by atoms with Crippen LogP contribution in [0.3, 0.4) is 0 Å². The lowest BCUT2D eigenvalue weighted by Gasteiger charge is -2.12. The fraction of sp³-hybridized carbons (Fsp3) is 0.190. The van der Waals surface area contributed by atoms with Gasteiger partial charge in [-0.15, -0.1) is 11.3 Å². The van der Waals surface area contributed by atoms with Crippen LogP contribution in [0, 0.1) is 20.8 Å². The molecule has 0 atom stereocenters. The Balaban J connectivity index is 2.17. The third kappa shape index (κ3) is 2.36. The van der Waals surface area contributed by atoms with Gasteiger partial charge in [0.25, 0.3) is 5.91 Å². The van der Waals surface area contributed by atoms with E-state index in [-0.39, 0.29) is 0 Å². The molecule has 0 aliphatic heterocycles. The highest BCUT2D eigenvalue weighted by atomic mass is 32.1. The Bertz CT molecular complexity index is 1310. The minimum absolute atomic E-state index is 0.457. The predicted octanol–water partition coefficient (Wildman–Crippen LogP) is 3.58. The summed E-state index contributed by atoms with van der Waals surface area (Å²) in [7, 11) is 1.88. The van der Waals surface area contributed by atoms with E-state index in [1.165, 1.54) is 11.3 Å². The number of carbonyl (C=O) groups is 2. The summed E-state index contributed by atoms with van der Waals surface area (Å²) in [5, 5.41) is 0.932. The molecule has 4 rings (SSSR count). The lowest BCUT2D eigenvalue weighted by Crippen LogP contribution is -2.16. The van der Waals surface area contributed by atoms with Crippen molar-refractivity contribution < 1.29 is 9.59 Å². The van der Waals surface area contributed by atoms with E-state index in [0.717, 1.165) is 43.4 Å². The van der Waals surface area contributed by atoms with Crippen molar-refractivity contribution in [1.82, 2.24) is 9.55 Å². The predicted molar refractivity (Wildman–Crippen MR) is 113 cm³/mol. The standard InChI is InChI=1S/C21H20N4O2S/c1-9-10(2)16-17(11(3)14(9)19(22)26)25(4)21(24-16)15-12-7-5-6-8-13(12)28-18(15)20(23)27/h5-8H,1-4H3,(H2,22,26)(H2,23,27). The first-order valence-corrected chi connectivity index (χ1v) is 9.63. The van der Waals surface area contributed by atoms with Crippen molar-refractivity contribution in [2.75, 3.05) is 0 Å². The molecule has 142 valence electrons. The summed E-state index contributed by atoms with van der Waals surface area (Å²) in [5.74, 6) is -0.291. The number of primary amides is 2. The molecule has 28 heavy (non-hydrogen) atoms. The smallest absolute Gasteiger partial charge is 0.259 e. The average Bonchev–Trinajstić information content (AvgIpc) is 3.18. The van der Waals surface area contributed by atoms with Crippen LogP contribution < -0.4 is 11.5 Å². The molecular weight excluding hydrogens is 372 g/mol. The summed E-state index contributed by atoms with van der Waals surface area (Å²) in [5.41, 5.74) is 16.7. The highest BCUT2D eigenvalue weighted by molar-refractivity contribution is 7.21. The molecule has 0 bridgehead atoms. The van der Waals surface area contributed by atoms with Crippen LogP contribution in [0.2, 0.25) is 0 Å². The molecule has 0 fully saturated rings. The second-order valence-corrected chi connectivity index (χ2v) is 8.02. The number of benzene rings is 2. The van der Waals surface area contributed by atoms with E-state index in [0.29, 0.717) is 16.3 Å². The molecule has 0 saturated carbocycles. The molecule has 0 unspecified atom stereocenters. The van der Waals surface area contributed by atoms with E-state index in [2.05, 4.69) is 0 Å². The largest absolute Gasteiger partial charge is 0.366 e. The average molecular weight is 392 g/mol. The first kappa shape index (κ1) is 18.2. The lowest BCUT2D eigenvalue weighted by molar-refractivity contribution is 0.0993. The summed E-state index contributed by atoms with van der Waals surface area (Å²) >= 11 is 1.36. The van der Waals surface area contributed by atoms with Crippen LogP contribution in [-0.2, 0) is 7.05 Å². The SMILES string of the molecule is Cc1c(C(N)=O)c(C)c2c(nc(-c3c(C(N)=O)sc4ccccc34)n2C)c1C. The van der Waals surface area contributed by atoms with Crippen LogP contribution in [0.15, 0.2) is 24.3 Å². The first-order chi connectivity index (χ1) is 13.2. The zero-order valence-electron chi connectivity index (χ0n) is 16.1. The molecule has 2 amide bonds. The Morgan fingerprint density at radius 3 is 2.32 bits per heavy atom. The van der Waals surface area contributed by atoms with Crippen LogP contribution in [0.4, 0.5) is 0 Å². The van der Waals surface area contributed by atoms with Crippen LogP contribution in [0.1, 0.15) is 36.7 Å². The topological polar surface area (TPSA) is 104 Å². The highest BCUT2D eigenvalue weighted by Gasteiger charge is 2.25. The van der Waals surface area contributed by atoms with E-state index in [1.807, 2.05) is 56.7 Å². The zero-order chi connectivity index (χ0) is 20.3. The van der Waals surface area contributed by atoms with Crippen molar-refractivity contribution in [3.63, 3.8) is 0 Å². The van der Waals surface area contributed by atoms with Crippen LogP contribution >= 0.6 is 11.3 Å². The second kappa shape index (κ2) is 6.17. The first-order valence-electron chi connectivity index (χ1n) is 8.81. The maximum absolute atomic E-state index is 12.2. The van der Waals surface area contributed by atoms with Crippen LogP contribution in [0.5, 0.6) is 0 Å². The zero-order valence-corrected chi connectivity index (χ0v) is 16.9. The van der Waals surface area contributed by atoms with Crippen molar-refractivity contribution in [2.24, 2.45) is 18.5 Å². The Morgan fingerprint density at radius 2 is 1.68 bits per heavy atom. The number of nitrogens with two attached hydrogens (primary N) is 2. The molecule has 2 aromatic heterocycles. The second-order valence-electron chi connectivity index (χ2n) is 6.97. The number of amides is 2. The van der Waals surface area contributed by atoms with Gasteiger partial charge in [-0.25, -0.2) is 4.98 Å². The lowest BCUT2D eigenvalue weighted by atomic mass is 9.96. The number of hydrogen-bond donors (Lipinski definition) is 2. The Hall–Kier alpha value is -3.19. The molecule has 0 saturated heterocycles. The van der Waals surface area contributed by atoms with Crippen LogP contribution in [-0.4, -0.2) is 21.4 Å². The van der Waals surface area contributed by atoms with Gasteiger partial charge in [0.15, 0.2) is 0 Å². The van der Waals surface area contributed by atoms with Gasteiger partial charge in [-0.1, -0.05) is 18.2 Å². The Kier molecular flexibility index (Phi) is 4.01. The normalized spacial score (nSPS) is 11.4. The minimum Gasteiger partial charge on any atom is -0.366 e. The molecule has 4 N–H and O–H groups in total. The molecular formula is C21H20N4O2S. The number of rotatable bonds is 3. The van der Waals surface area contributed by atoms with Crippen molar-refractivity contribution >= 4 is 44.3 Å². The third-order valence-electron chi connectivity index (χ3n) is 5.41. The van der Waals surface area contributed by atoms with Gasteiger partial charge in [-0.2, -0.15) is 0 Å². The van der Waals surface area contributed by atoms with Gasteiger partial charge in [0.2, 0.25) is 5.91 Å². The van der Waals surface area contributed by atoms with Crippen molar-refractivity contribution in [3.8, 4) is 11.4 Å². The van der Waals surface area contributed by atoms with Gasteiger partial charge in [-0.3, -0.25) is 9.59 Å². The van der Waals surface area contributed by atoms with Gasteiger partial charge in [0, 0.05) is 28.3 Å². The van der Waals surface area contributed by atoms with Crippen molar-refractivity contribution in [2.45, 2.75) is 20.8 Å². The summed E-state index contributed by atoms with van der Waals surface area (Å²) in [6.07, 6.45) is 0. The fourth-order valence-electron chi connectivity index (χ4n) is 3.99. The number of carbonyl (C=O) groups excluding carboxylic acids is 2. The maximum Gasteiger partial charge on any atom is 0.259 e. The number of aryl methyl sites for hydroxylation is 3. The Labute approximate surface area is 165 Å². The van der Waals surface area contributed by atoms with Crippen LogP contribution in [0.25, 0.3) is 32.5 Å². The van der Waals surface area contributed by atoms with E-state index in [9.17, 15) is 9.59 Å². The van der Waals surface area contributed by atoms with Gasteiger partial charge in [0.05, 0.1) is 11.0 Å². The summed E-state index contributed by atoms with van der Waals surface area (Å²) in [6, 6.07) is 7.79. The van der Waals surface area contributed by atoms with E-state index < -0.39 is 11.8 Å². The molecule has 2 aromatic carbocycles. The fourth-order valence-corrected chi connectivity index (χ4v) is 5.04. The van der Waals surface area contributed by atoms with Gasteiger partial charge < -0.3 is 16.0 Å². The number of hydrogen-bond acceptors (Lipinski definition) is 4. The molecule has 2 heterocycles. The summed E-state index contributed by atoms with van der Waals surface area (Å²) < 4.78 is 2.89. The number of thiophene rings is 1. The van der Waals surface area contributed by atoms with Gasteiger partial charge >= 0.3 is 0 Å². The number of imidazole rings is 1. The summed E-state index contributed by atoms with van der Waals surface area (Å²) in [4.78, 5) is 29.5. The van der Waals surface area contributed by atoms with Gasteiger partial charge in [0.1, 0.15) is 10.7 Å². The monoisotopic (exact) mass is 392 g/mol.